The number of likely N-dealkylation sites (N-methyl/N-ethyl adjacent to an activating group) is 1. The Labute approximate surface area is 110 Å². The highest BCUT2D eigenvalue weighted by atomic mass is 35.5. The fraction of sp³-hybridized carbons (Fsp3) is 0.636. The Morgan fingerprint density at radius 3 is 2.83 bits per heavy atom. The molecule has 102 valence electrons. The Kier molecular flexibility index (Phi) is 5.58. The lowest BCUT2D eigenvalue weighted by Crippen LogP contribution is -2.37. The van der Waals surface area contributed by atoms with Crippen molar-refractivity contribution in [3.63, 3.8) is 0 Å². The van der Waals surface area contributed by atoms with Crippen LogP contribution in [-0.2, 0) is 16.0 Å². The van der Waals surface area contributed by atoms with Gasteiger partial charge in [-0.05, 0) is 18.5 Å². The zero-order valence-electron chi connectivity index (χ0n) is 10.6. The first-order valence-electron chi connectivity index (χ1n) is 5.47. The van der Waals surface area contributed by atoms with Crippen LogP contribution in [0.4, 0.5) is 0 Å². The number of amides is 1. The third-order valence-electron chi connectivity index (χ3n) is 2.53. The smallest absolute Gasteiger partial charge is 0.229 e. The summed E-state index contributed by atoms with van der Waals surface area (Å²) in [4.78, 5) is 13.3. The molecule has 0 aliphatic rings. The molecule has 0 spiro atoms. The Morgan fingerprint density at radius 1 is 1.67 bits per heavy atom. The average molecular weight is 277 g/mol. The van der Waals surface area contributed by atoms with E-state index in [-0.39, 0.29) is 30.7 Å². The zero-order chi connectivity index (χ0) is 13.7. The predicted molar refractivity (Wildman–Crippen MR) is 65.5 cm³/mol. The molecule has 1 rings (SSSR count). The molecule has 1 aromatic rings. The third-order valence-corrected chi connectivity index (χ3v) is 2.83. The summed E-state index contributed by atoms with van der Waals surface area (Å²) in [5.41, 5.74) is 1.17. The normalized spacial score (nSPS) is 12.5. The molecule has 18 heavy (non-hydrogen) atoms. The lowest BCUT2D eigenvalue weighted by Gasteiger charge is -2.20. The predicted octanol–water partition coefficient (Wildman–Crippen LogP) is 0.645. The van der Waals surface area contributed by atoms with E-state index >= 15 is 0 Å². The van der Waals surface area contributed by atoms with Crippen LogP contribution in [0.2, 0.25) is 5.22 Å². The Balaban J connectivity index is 2.55. The number of nitrogens with zero attached hydrogens (tertiary/aromatic N) is 2. The van der Waals surface area contributed by atoms with E-state index in [0.29, 0.717) is 11.3 Å². The number of methoxy groups -OCH3 is 1. The van der Waals surface area contributed by atoms with Crippen LogP contribution in [0, 0.1) is 6.92 Å². The van der Waals surface area contributed by atoms with Gasteiger partial charge in [-0.15, -0.1) is 0 Å². The van der Waals surface area contributed by atoms with E-state index in [9.17, 15) is 9.90 Å². The summed E-state index contributed by atoms with van der Waals surface area (Å²) >= 11 is 5.78. The molecule has 1 aromatic heterocycles. The maximum atomic E-state index is 11.9. The molecule has 0 radical (unpaired) electrons. The van der Waals surface area contributed by atoms with Gasteiger partial charge in [0.25, 0.3) is 0 Å². The monoisotopic (exact) mass is 276 g/mol. The SMILES string of the molecule is COCC(O)CN(C)C(=O)Cc1c(C)noc1Cl. The number of hydrogen-bond acceptors (Lipinski definition) is 5. The molecule has 0 saturated carbocycles. The number of carbonyl (C=O) groups is 1. The van der Waals surface area contributed by atoms with Gasteiger partial charge in [0, 0.05) is 26.3 Å². The summed E-state index contributed by atoms with van der Waals surface area (Å²) < 4.78 is 9.57. The number of aliphatic hydroxyl groups excluding tert-OH is 1. The van der Waals surface area contributed by atoms with Gasteiger partial charge < -0.3 is 19.3 Å². The molecule has 0 bridgehead atoms. The van der Waals surface area contributed by atoms with E-state index in [2.05, 4.69) is 5.16 Å². The van der Waals surface area contributed by atoms with Gasteiger partial charge in [-0.1, -0.05) is 5.16 Å². The number of aromatic nitrogens is 1. The Hall–Kier alpha value is -1.11. The van der Waals surface area contributed by atoms with Crippen LogP contribution in [-0.4, -0.2) is 54.5 Å². The van der Waals surface area contributed by atoms with Crippen molar-refractivity contribution < 1.29 is 19.2 Å². The van der Waals surface area contributed by atoms with Crippen LogP contribution >= 0.6 is 11.6 Å². The van der Waals surface area contributed by atoms with E-state index in [1.165, 1.54) is 12.0 Å². The maximum Gasteiger partial charge on any atom is 0.229 e. The number of aryl methyl sites for hydroxylation is 1. The van der Waals surface area contributed by atoms with Gasteiger partial charge in [-0.25, -0.2) is 0 Å². The van der Waals surface area contributed by atoms with E-state index in [4.69, 9.17) is 20.9 Å². The Morgan fingerprint density at radius 2 is 2.33 bits per heavy atom. The molecule has 0 fully saturated rings. The van der Waals surface area contributed by atoms with E-state index in [1.807, 2.05) is 0 Å². The molecule has 6 nitrogen and oxygen atoms in total. The molecule has 1 N–H and O–H groups in total. The number of halogens is 1. The molecule has 0 aromatic carbocycles. The molecule has 0 saturated heterocycles. The second-order valence-electron chi connectivity index (χ2n) is 4.08. The van der Waals surface area contributed by atoms with Crippen molar-refractivity contribution in [1.82, 2.24) is 10.1 Å². The van der Waals surface area contributed by atoms with Gasteiger partial charge in [0.05, 0.1) is 24.8 Å². The van der Waals surface area contributed by atoms with Gasteiger partial charge in [0.2, 0.25) is 11.1 Å². The fourth-order valence-electron chi connectivity index (χ4n) is 1.51. The summed E-state index contributed by atoms with van der Waals surface area (Å²) in [5, 5.41) is 13.3. The highest BCUT2D eigenvalue weighted by Crippen LogP contribution is 2.19. The molecule has 1 unspecified atom stereocenters. The highest BCUT2D eigenvalue weighted by Gasteiger charge is 2.19. The maximum absolute atomic E-state index is 11.9. The number of aliphatic hydroxyl groups is 1. The molecule has 1 atom stereocenters. The number of rotatable bonds is 6. The van der Waals surface area contributed by atoms with Crippen LogP contribution in [0.1, 0.15) is 11.3 Å². The molecular formula is C11H17ClN2O4. The summed E-state index contributed by atoms with van der Waals surface area (Å²) in [7, 11) is 3.10. The lowest BCUT2D eigenvalue weighted by atomic mass is 10.2. The average Bonchev–Trinajstić information content (AvgIpc) is 2.60. The fourth-order valence-corrected chi connectivity index (χ4v) is 1.75. The van der Waals surface area contributed by atoms with Crippen molar-refractivity contribution in [2.75, 3.05) is 27.3 Å². The largest absolute Gasteiger partial charge is 0.389 e. The van der Waals surface area contributed by atoms with Gasteiger partial charge >= 0.3 is 0 Å². The van der Waals surface area contributed by atoms with Crippen molar-refractivity contribution in [2.24, 2.45) is 0 Å². The summed E-state index contributed by atoms with van der Waals surface area (Å²) in [6.07, 6.45) is -0.604. The minimum atomic E-state index is -0.706. The summed E-state index contributed by atoms with van der Waals surface area (Å²) in [6.45, 7) is 2.11. The molecular weight excluding hydrogens is 260 g/mol. The standard InChI is InChI=1S/C11H17ClN2O4/c1-7-9(11(12)18-13-7)4-10(16)14(2)5-8(15)6-17-3/h8,15H,4-6H2,1-3H3. The van der Waals surface area contributed by atoms with Crippen LogP contribution in [0.15, 0.2) is 4.52 Å². The van der Waals surface area contributed by atoms with Crippen molar-refractivity contribution in [1.29, 1.82) is 0 Å². The molecule has 0 aliphatic carbocycles. The van der Waals surface area contributed by atoms with Crippen LogP contribution < -0.4 is 0 Å². The highest BCUT2D eigenvalue weighted by molar-refractivity contribution is 6.29. The van der Waals surface area contributed by atoms with Crippen molar-refractivity contribution in [3.8, 4) is 0 Å². The lowest BCUT2D eigenvalue weighted by molar-refractivity contribution is -0.130. The van der Waals surface area contributed by atoms with Gasteiger partial charge in [-0.3, -0.25) is 4.79 Å². The second-order valence-corrected chi connectivity index (χ2v) is 4.42. The first-order chi connectivity index (χ1) is 8.45. The first kappa shape index (κ1) is 14.9. The third kappa shape index (κ3) is 3.97. The summed E-state index contributed by atoms with van der Waals surface area (Å²) in [6, 6.07) is 0. The van der Waals surface area contributed by atoms with Crippen LogP contribution in [0.3, 0.4) is 0 Å². The van der Waals surface area contributed by atoms with Crippen LogP contribution in [0.5, 0.6) is 0 Å². The van der Waals surface area contributed by atoms with Gasteiger partial charge in [0.1, 0.15) is 0 Å². The van der Waals surface area contributed by atoms with E-state index in [0.717, 1.165) is 0 Å². The summed E-state index contributed by atoms with van der Waals surface area (Å²) in [5.74, 6) is -0.168. The van der Waals surface area contributed by atoms with Gasteiger partial charge in [-0.2, -0.15) is 0 Å². The molecule has 1 amide bonds. The molecule has 1 heterocycles. The Bertz CT molecular complexity index is 388. The van der Waals surface area contributed by atoms with E-state index < -0.39 is 6.10 Å². The minimum absolute atomic E-state index is 0.102. The topological polar surface area (TPSA) is 75.8 Å². The van der Waals surface area contributed by atoms with E-state index in [1.54, 1.807) is 14.0 Å². The first-order valence-corrected chi connectivity index (χ1v) is 5.85. The quantitative estimate of drug-likeness (QED) is 0.825. The number of ether oxygens (including phenoxy) is 1. The number of hydrogen-bond donors (Lipinski definition) is 1. The zero-order valence-corrected chi connectivity index (χ0v) is 11.4. The molecule has 7 heteroatoms. The number of carbonyl (C=O) groups excluding carboxylic acids is 1. The second kappa shape index (κ2) is 6.72. The van der Waals surface area contributed by atoms with Crippen molar-refractivity contribution >= 4 is 17.5 Å². The van der Waals surface area contributed by atoms with Crippen molar-refractivity contribution in [2.45, 2.75) is 19.4 Å². The minimum Gasteiger partial charge on any atom is -0.389 e. The van der Waals surface area contributed by atoms with Gasteiger partial charge in [0.15, 0.2) is 0 Å². The van der Waals surface area contributed by atoms with Crippen molar-refractivity contribution in [3.05, 3.63) is 16.5 Å². The molecule has 0 aliphatic heterocycles. The van der Waals surface area contributed by atoms with Crippen LogP contribution in [0.25, 0.3) is 0 Å².